The standard InChI is InChI=1S/C13H11ClN2O3/c1-16(7-17)12(13(18)19)9-4-5-10(14)8-3-2-6-15-11(8)9/h2-7,12H,1H3,(H,18,19). The van der Waals surface area contributed by atoms with E-state index in [0.29, 0.717) is 27.9 Å². The lowest BCUT2D eigenvalue weighted by Crippen LogP contribution is -2.30. The van der Waals surface area contributed by atoms with Crippen molar-refractivity contribution in [2.24, 2.45) is 0 Å². The number of aliphatic carboxylic acids is 1. The van der Waals surface area contributed by atoms with E-state index in [1.807, 2.05) is 0 Å². The molecular weight excluding hydrogens is 268 g/mol. The van der Waals surface area contributed by atoms with Crippen LogP contribution in [-0.4, -0.2) is 34.4 Å². The van der Waals surface area contributed by atoms with E-state index in [9.17, 15) is 14.7 Å². The predicted molar refractivity (Wildman–Crippen MR) is 71.0 cm³/mol. The van der Waals surface area contributed by atoms with Gasteiger partial charge in [-0.05, 0) is 18.2 Å². The van der Waals surface area contributed by atoms with E-state index in [-0.39, 0.29) is 0 Å². The van der Waals surface area contributed by atoms with Crippen LogP contribution in [0.4, 0.5) is 0 Å². The Balaban J connectivity index is 2.70. The highest BCUT2D eigenvalue weighted by molar-refractivity contribution is 6.35. The van der Waals surface area contributed by atoms with Gasteiger partial charge in [0.2, 0.25) is 6.41 Å². The van der Waals surface area contributed by atoms with Crippen molar-refractivity contribution in [3.05, 3.63) is 41.0 Å². The van der Waals surface area contributed by atoms with Gasteiger partial charge in [0.25, 0.3) is 0 Å². The van der Waals surface area contributed by atoms with Crippen LogP contribution in [0.25, 0.3) is 10.9 Å². The molecule has 1 aromatic carbocycles. The number of carbonyl (C=O) groups excluding carboxylic acids is 1. The Morgan fingerprint density at radius 2 is 2.21 bits per heavy atom. The average molecular weight is 279 g/mol. The number of carboxylic acid groups (broad SMARTS) is 1. The lowest BCUT2D eigenvalue weighted by atomic mass is 10.0. The Morgan fingerprint density at radius 1 is 1.47 bits per heavy atom. The van der Waals surface area contributed by atoms with Gasteiger partial charge in [-0.2, -0.15) is 0 Å². The summed E-state index contributed by atoms with van der Waals surface area (Å²) in [5.41, 5.74) is 0.915. The zero-order valence-corrected chi connectivity index (χ0v) is 10.8. The van der Waals surface area contributed by atoms with E-state index in [0.717, 1.165) is 4.90 Å². The zero-order valence-electron chi connectivity index (χ0n) is 10.1. The van der Waals surface area contributed by atoms with Gasteiger partial charge in [0.1, 0.15) is 0 Å². The van der Waals surface area contributed by atoms with Crippen molar-refractivity contribution in [3.8, 4) is 0 Å². The maximum absolute atomic E-state index is 11.4. The molecule has 0 radical (unpaired) electrons. The van der Waals surface area contributed by atoms with Crippen molar-refractivity contribution < 1.29 is 14.7 Å². The van der Waals surface area contributed by atoms with Crippen molar-refractivity contribution in [2.45, 2.75) is 6.04 Å². The van der Waals surface area contributed by atoms with E-state index in [1.165, 1.54) is 7.05 Å². The number of carbonyl (C=O) groups is 2. The summed E-state index contributed by atoms with van der Waals surface area (Å²) >= 11 is 6.06. The van der Waals surface area contributed by atoms with Crippen LogP contribution in [0.2, 0.25) is 5.02 Å². The van der Waals surface area contributed by atoms with E-state index in [4.69, 9.17) is 11.6 Å². The second kappa shape index (κ2) is 5.24. The number of carboxylic acids is 1. The number of aromatic nitrogens is 1. The Bertz CT molecular complexity index is 645. The van der Waals surface area contributed by atoms with Gasteiger partial charge >= 0.3 is 5.97 Å². The smallest absolute Gasteiger partial charge is 0.331 e. The molecule has 1 N–H and O–H groups in total. The van der Waals surface area contributed by atoms with Crippen LogP contribution in [0.5, 0.6) is 0 Å². The number of hydrogen-bond donors (Lipinski definition) is 1. The first-order valence-corrected chi connectivity index (χ1v) is 5.87. The van der Waals surface area contributed by atoms with Gasteiger partial charge in [-0.1, -0.05) is 17.7 Å². The molecule has 1 unspecified atom stereocenters. The monoisotopic (exact) mass is 278 g/mol. The number of likely N-dealkylation sites (N-methyl/N-ethyl adjacent to an activating group) is 1. The SMILES string of the molecule is CN(C=O)C(C(=O)O)c1ccc(Cl)c2cccnc12. The van der Waals surface area contributed by atoms with E-state index >= 15 is 0 Å². The second-order valence-electron chi connectivity index (χ2n) is 4.05. The molecule has 0 aliphatic heterocycles. The number of pyridine rings is 1. The number of fused-ring (bicyclic) bond motifs is 1. The van der Waals surface area contributed by atoms with Crippen molar-refractivity contribution in [1.82, 2.24) is 9.88 Å². The van der Waals surface area contributed by atoms with Crippen LogP contribution < -0.4 is 0 Å². The van der Waals surface area contributed by atoms with Crippen LogP contribution in [0.1, 0.15) is 11.6 Å². The Morgan fingerprint density at radius 3 is 2.84 bits per heavy atom. The fourth-order valence-corrected chi connectivity index (χ4v) is 2.18. The summed E-state index contributed by atoms with van der Waals surface area (Å²) in [5.74, 6) is -1.12. The largest absolute Gasteiger partial charge is 0.479 e. The summed E-state index contributed by atoms with van der Waals surface area (Å²) < 4.78 is 0. The molecule has 0 aliphatic carbocycles. The third kappa shape index (κ3) is 2.37. The number of nitrogens with zero attached hydrogens (tertiary/aromatic N) is 2. The van der Waals surface area contributed by atoms with Crippen LogP contribution >= 0.6 is 11.6 Å². The lowest BCUT2D eigenvalue weighted by molar-refractivity contribution is -0.145. The molecule has 1 aromatic heterocycles. The summed E-state index contributed by atoms with van der Waals surface area (Å²) in [6.07, 6.45) is 2.03. The minimum atomic E-state index is -1.12. The van der Waals surface area contributed by atoms with Crippen molar-refractivity contribution in [1.29, 1.82) is 0 Å². The highest BCUT2D eigenvalue weighted by Gasteiger charge is 2.26. The number of hydrogen-bond acceptors (Lipinski definition) is 3. The van der Waals surface area contributed by atoms with Gasteiger partial charge in [-0.3, -0.25) is 9.78 Å². The Hall–Kier alpha value is -2.14. The van der Waals surface area contributed by atoms with Gasteiger partial charge in [0.05, 0.1) is 5.52 Å². The number of halogens is 1. The number of rotatable bonds is 4. The quantitative estimate of drug-likeness (QED) is 0.870. The van der Waals surface area contributed by atoms with Gasteiger partial charge in [-0.15, -0.1) is 0 Å². The van der Waals surface area contributed by atoms with Crippen LogP contribution in [0.3, 0.4) is 0 Å². The minimum absolute atomic E-state index is 0.433. The second-order valence-corrected chi connectivity index (χ2v) is 4.46. The Kier molecular flexibility index (Phi) is 3.66. The first-order valence-electron chi connectivity index (χ1n) is 5.49. The molecule has 2 aromatic rings. The number of amides is 1. The summed E-state index contributed by atoms with van der Waals surface area (Å²) in [5, 5.41) is 10.4. The molecule has 6 heteroatoms. The molecular formula is C13H11ClN2O3. The normalized spacial score (nSPS) is 12.1. The molecule has 1 amide bonds. The van der Waals surface area contributed by atoms with E-state index < -0.39 is 12.0 Å². The summed E-state index contributed by atoms with van der Waals surface area (Å²) in [4.78, 5) is 27.5. The zero-order chi connectivity index (χ0) is 14.0. The van der Waals surface area contributed by atoms with E-state index in [2.05, 4.69) is 4.98 Å². The summed E-state index contributed by atoms with van der Waals surface area (Å²) in [6.45, 7) is 0. The predicted octanol–water partition coefficient (Wildman–Crippen LogP) is 2.10. The highest BCUT2D eigenvalue weighted by Crippen LogP contribution is 2.30. The summed E-state index contributed by atoms with van der Waals surface area (Å²) in [6, 6.07) is 5.57. The fraction of sp³-hybridized carbons (Fsp3) is 0.154. The van der Waals surface area contributed by atoms with Crippen molar-refractivity contribution >= 4 is 34.9 Å². The molecule has 5 nitrogen and oxygen atoms in total. The maximum Gasteiger partial charge on any atom is 0.331 e. The molecule has 2 rings (SSSR count). The first kappa shape index (κ1) is 13.3. The lowest BCUT2D eigenvalue weighted by Gasteiger charge is -2.21. The molecule has 0 fully saturated rings. The van der Waals surface area contributed by atoms with Gasteiger partial charge < -0.3 is 10.0 Å². The maximum atomic E-state index is 11.4. The molecule has 0 saturated carbocycles. The number of benzene rings is 1. The Labute approximate surface area is 114 Å². The minimum Gasteiger partial charge on any atom is -0.479 e. The van der Waals surface area contributed by atoms with Gasteiger partial charge in [0.15, 0.2) is 6.04 Å². The van der Waals surface area contributed by atoms with Crippen molar-refractivity contribution in [3.63, 3.8) is 0 Å². The van der Waals surface area contributed by atoms with Crippen LogP contribution in [-0.2, 0) is 9.59 Å². The third-order valence-corrected chi connectivity index (χ3v) is 3.18. The van der Waals surface area contributed by atoms with E-state index in [1.54, 1.807) is 30.5 Å². The molecule has 0 aliphatic rings. The highest BCUT2D eigenvalue weighted by atomic mass is 35.5. The fourth-order valence-electron chi connectivity index (χ4n) is 1.97. The third-order valence-electron chi connectivity index (χ3n) is 2.85. The molecule has 0 spiro atoms. The molecule has 0 saturated heterocycles. The van der Waals surface area contributed by atoms with Crippen LogP contribution in [0, 0.1) is 0 Å². The van der Waals surface area contributed by atoms with Gasteiger partial charge in [-0.25, -0.2) is 4.79 Å². The van der Waals surface area contributed by atoms with Crippen LogP contribution in [0.15, 0.2) is 30.5 Å². The van der Waals surface area contributed by atoms with Gasteiger partial charge in [0, 0.05) is 29.2 Å². The van der Waals surface area contributed by atoms with Crippen molar-refractivity contribution in [2.75, 3.05) is 7.05 Å². The molecule has 19 heavy (non-hydrogen) atoms. The molecule has 1 atom stereocenters. The summed E-state index contributed by atoms with van der Waals surface area (Å²) in [7, 11) is 1.41. The molecule has 1 heterocycles. The first-order chi connectivity index (χ1) is 9.06. The molecule has 0 bridgehead atoms. The molecule has 98 valence electrons. The topological polar surface area (TPSA) is 70.5 Å². The average Bonchev–Trinajstić information content (AvgIpc) is 2.41.